The minimum Gasteiger partial charge on any atom is -0.494 e. The predicted molar refractivity (Wildman–Crippen MR) is 96.4 cm³/mol. The molecule has 0 aliphatic carbocycles. The molecule has 0 radical (unpaired) electrons. The molecule has 3 rings (SSSR count). The van der Waals surface area contributed by atoms with Gasteiger partial charge in [-0.15, -0.1) is 5.10 Å². The summed E-state index contributed by atoms with van der Waals surface area (Å²) in [5.74, 6) is 0.398. The summed E-state index contributed by atoms with van der Waals surface area (Å²) in [6, 6.07) is 0. The molecular formula is C17H25N7O3. The highest BCUT2D eigenvalue weighted by Crippen LogP contribution is 2.27. The van der Waals surface area contributed by atoms with E-state index in [1.807, 2.05) is 21.1 Å². The molecule has 0 fully saturated rings. The number of hydrogen-bond acceptors (Lipinski definition) is 8. The van der Waals surface area contributed by atoms with E-state index in [1.54, 1.807) is 9.58 Å². The molecule has 1 aliphatic rings. The van der Waals surface area contributed by atoms with Crippen molar-refractivity contribution in [2.45, 2.75) is 12.5 Å². The Morgan fingerprint density at radius 2 is 2.07 bits per heavy atom. The Kier molecular flexibility index (Phi) is 5.97. The number of rotatable bonds is 7. The Balaban J connectivity index is 1.73. The number of aryl methyl sites for hydroxylation is 1. The van der Waals surface area contributed by atoms with Gasteiger partial charge < -0.3 is 19.3 Å². The highest BCUT2D eigenvalue weighted by molar-refractivity contribution is 5.90. The van der Waals surface area contributed by atoms with Gasteiger partial charge in [-0.3, -0.25) is 9.48 Å². The van der Waals surface area contributed by atoms with E-state index in [-0.39, 0.29) is 17.6 Å². The summed E-state index contributed by atoms with van der Waals surface area (Å²) in [7, 11) is 7.40. The maximum atomic E-state index is 12.8. The number of fused-ring (bicyclic) bond motifs is 1. The standard InChI is InChI=1S/C17H25N7O3/c1-22(2)5-6-27-11-12-9-24(10-14-15(12)23(3)21-20-14)17(25)16-18-7-13(26-4)8-19-16/h7-8,12H,5-6,9-11H2,1-4H3. The average molecular weight is 375 g/mol. The van der Waals surface area contributed by atoms with E-state index in [0.29, 0.717) is 32.1 Å². The molecule has 0 aromatic carbocycles. The lowest BCUT2D eigenvalue weighted by molar-refractivity contribution is 0.0603. The van der Waals surface area contributed by atoms with Gasteiger partial charge in [0.25, 0.3) is 5.91 Å². The van der Waals surface area contributed by atoms with Crippen LogP contribution in [0.2, 0.25) is 0 Å². The second kappa shape index (κ2) is 8.40. The molecule has 0 spiro atoms. The van der Waals surface area contributed by atoms with Crippen LogP contribution in [0.25, 0.3) is 0 Å². The Labute approximate surface area is 158 Å². The number of ether oxygens (including phenoxy) is 2. The zero-order valence-electron chi connectivity index (χ0n) is 16.1. The van der Waals surface area contributed by atoms with Gasteiger partial charge in [0, 0.05) is 26.1 Å². The van der Waals surface area contributed by atoms with E-state index in [4.69, 9.17) is 9.47 Å². The molecule has 1 atom stereocenters. The molecule has 10 heteroatoms. The fourth-order valence-electron chi connectivity index (χ4n) is 3.05. The van der Waals surface area contributed by atoms with Gasteiger partial charge in [-0.2, -0.15) is 0 Å². The summed E-state index contributed by atoms with van der Waals surface area (Å²) in [6.07, 6.45) is 2.97. The average Bonchev–Trinajstić information content (AvgIpc) is 3.05. The third-order valence-electron chi connectivity index (χ3n) is 4.46. The van der Waals surface area contributed by atoms with Crippen molar-refractivity contribution in [2.24, 2.45) is 7.05 Å². The monoisotopic (exact) mass is 375 g/mol. The van der Waals surface area contributed by atoms with Crippen LogP contribution >= 0.6 is 0 Å². The molecule has 0 N–H and O–H groups in total. The predicted octanol–water partition coefficient (Wildman–Crippen LogP) is -0.0685. The lowest BCUT2D eigenvalue weighted by atomic mass is 9.99. The first-order valence-corrected chi connectivity index (χ1v) is 8.75. The third-order valence-corrected chi connectivity index (χ3v) is 4.46. The second-order valence-corrected chi connectivity index (χ2v) is 6.75. The van der Waals surface area contributed by atoms with Gasteiger partial charge in [0.2, 0.25) is 5.82 Å². The highest BCUT2D eigenvalue weighted by atomic mass is 16.5. The Hall–Kier alpha value is -2.59. The third kappa shape index (κ3) is 4.40. The van der Waals surface area contributed by atoms with E-state index in [9.17, 15) is 4.79 Å². The molecule has 0 saturated heterocycles. The fraction of sp³-hybridized carbons (Fsp3) is 0.588. The Morgan fingerprint density at radius 3 is 2.74 bits per heavy atom. The van der Waals surface area contributed by atoms with Crippen molar-refractivity contribution >= 4 is 5.91 Å². The molecule has 1 aliphatic heterocycles. The van der Waals surface area contributed by atoms with Crippen molar-refractivity contribution in [3.8, 4) is 5.75 Å². The SMILES string of the molecule is COc1cnc(C(=O)N2Cc3nnn(C)c3C(COCCN(C)C)C2)nc1. The van der Waals surface area contributed by atoms with Crippen molar-refractivity contribution < 1.29 is 14.3 Å². The molecule has 2 aromatic heterocycles. The van der Waals surface area contributed by atoms with Crippen LogP contribution < -0.4 is 4.74 Å². The van der Waals surface area contributed by atoms with Crippen LogP contribution in [0.5, 0.6) is 5.75 Å². The number of likely N-dealkylation sites (N-methyl/N-ethyl adjacent to an activating group) is 1. The number of carbonyl (C=O) groups is 1. The lowest BCUT2D eigenvalue weighted by Crippen LogP contribution is -2.41. The van der Waals surface area contributed by atoms with Crippen molar-refractivity contribution in [3.05, 3.63) is 29.6 Å². The van der Waals surface area contributed by atoms with Crippen molar-refractivity contribution in [1.82, 2.24) is 34.8 Å². The van der Waals surface area contributed by atoms with Gasteiger partial charge >= 0.3 is 0 Å². The van der Waals surface area contributed by atoms with Crippen molar-refractivity contribution in [1.29, 1.82) is 0 Å². The number of nitrogens with zero attached hydrogens (tertiary/aromatic N) is 7. The van der Waals surface area contributed by atoms with Crippen molar-refractivity contribution in [3.63, 3.8) is 0 Å². The first-order valence-electron chi connectivity index (χ1n) is 8.75. The molecule has 1 amide bonds. The zero-order valence-corrected chi connectivity index (χ0v) is 16.1. The normalized spacial score (nSPS) is 16.5. The van der Waals surface area contributed by atoms with E-state index in [1.165, 1.54) is 19.5 Å². The van der Waals surface area contributed by atoms with E-state index < -0.39 is 0 Å². The van der Waals surface area contributed by atoms with Crippen LogP contribution in [-0.4, -0.2) is 88.2 Å². The van der Waals surface area contributed by atoms with Crippen LogP contribution in [0.1, 0.15) is 27.9 Å². The van der Waals surface area contributed by atoms with Gasteiger partial charge in [-0.05, 0) is 14.1 Å². The Morgan fingerprint density at radius 1 is 1.33 bits per heavy atom. The number of carbonyl (C=O) groups excluding carboxylic acids is 1. The van der Waals surface area contributed by atoms with E-state index in [2.05, 4.69) is 25.2 Å². The molecule has 1 unspecified atom stereocenters. The molecule has 27 heavy (non-hydrogen) atoms. The topological polar surface area (TPSA) is 98.5 Å². The minimum absolute atomic E-state index is 0.00175. The van der Waals surface area contributed by atoms with Gasteiger partial charge in [0.05, 0.1) is 45.0 Å². The van der Waals surface area contributed by atoms with Crippen LogP contribution in [-0.2, 0) is 18.3 Å². The molecule has 146 valence electrons. The first-order chi connectivity index (χ1) is 13.0. The summed E-state index contributed by atoms with van der Waals surface area (Å²) in [4.78, 5) is 24.8. The summed E-state index contributed by atoms with van der Waals surface area (Å²) in [5, 5.41) is 8.32. The van der Waals surface area contributed by atoms with Gasteiger partial charge in [-0.1, -0.05) is 5.21 Å². The quantitative estimate of drug-likeness (QED) is 0.621. The number of methoxy groups -OCH3 is 1. The maximum Gasteiger partial charge on any atom is 0.292 e. The Bertz CT molecular complexity index is 775. The summed E-state index contributed by atoms with van der Waals surface area (Å²) >= 11 is 0. The van der Waals surface area contributed by atoms with E-state index in [0.717, 1.165) is 17.9 Å². The first kappa shape index (κ1) is 19.2. The number of aromatic nitrogens is 5. The fourth-order valence-corrected chi connectivity index (χ4v) is 3.05. The van der Waals surface area contributed by atoms with E-state index >= 15 is 0 Å². The number of hydrogen-bond donors (Lipinski definition) is 0. The van der Waals surface area contributed by atoms with Crippen molar-refractivity contribution in [2.75, 3.05) is 47.5 Å². The van der Waals surface area contributed by atoms with Crippen LogP contribution in [0.3, 0.4) is 0 Å². The van der Waals surface area contributed by atoms with Crippen LogP contribution in [0, 0.1) is 0 Å². The molecule has 0 saturated carbocycles. The molecular weight excluding hydrogens is 350 g/mol. The lowest BCUT2D eigenvalue weighted by Gasteiger charge is -2.31. The summed E-state index contributed by atoms with van der Waals surface area (Å²) in [5.41, 5.74) is 1.80. The minimum atomic E-state index is -0.243. The maximum absolute atomic E-state index is 12.8. The largest absolute Gasteiger partial charge is 0.494 e. The van der Waals surface area contributed by atoms with Crippen LogP contribution in [0.4, 0.5) is 0 Å². The second-order valence-electron chi connectivity index (χ2n) is 6.75. The van der Waals surface area contributed by atoms with Crippen LogP contribution in [0.15, 0.2) is 12.4 Å². The van der Waals surface area contributed by atoms with Gasteiger partial charge in [-0.25, -0.2) is 9.97 Å². The smallest absolute Gasteiger partial charge is 0.292 e. The van der Waals surface area contributed by atoms with Gasteiger partial charge in [0.1, 0.15) is 5.69 Å². The number of amides is 1. The van der Waals surface area contributed by atoms with Gasteiger partial charge in [0.15, 0.2) is 5.75 Å². The summed E-state index contributed by atoms with van der Waals surface area (Å²) in [6.45, 7) is 2.84. The highest BCUT2D eigenvalue weighted by Gasteiger charge is 2.33. The zero-order chi connectivity index (χ0) is 19.4. The molecule has 3 heterocycles. The molecule has 10 nitrogen and oxygen atoms in total. The molecule has 2 aromatic rings. The molecule has 0 bridgehead atoms. The summed E-state index contributed by atoms with van der Waals surface area (Å²) < 4.78 is 12.6.